The highest BCUT2D eigenvalue weighted by Crippen LogP contribution is 2.22. The third kappa shape index (κ3) is 8.42. The fraction of sp³-hybridized carbons (Fsp3) is 0.630. The lowest BCUT2D eigenvalue weighted by molar-refractivity contribution is -0.141. The molecule has 0 aromatic heterocycles. The van der Waals surface area contributed by atoms with Gasteiger partial charge >= 0.3 is 5.97 Å². The summed E-state index contributed by atoms with van der Waals surface area (Å²) in [5, 5.41) is 16.2. The van der Waals surface area contributed by atoms with E-state index in [0.29, 0.717) is 12.5 Å². The van der Waals surface area contributed by atoms with Crippen LogP contribution >= 0.6 is 0 Å². The first-order valence-corrected chi connectivity index (χ1v) is 12.6. The SMILES string of the molecule is O=C(C=C1CCCCCC1)N[C@H](Cc1ccccc1CNC1CCCCCCC1)C(=O)O. The maximum atomic E-state index is 12.5. The predicted octanol–water partition coefficient (Wildman–Crippen LogP) is 5.28. The standard InChI is InChI=1S/C27H40N2O3/c30-26(18-21-12-6-4-5-7-13-21)29-25(27(31)32)19-22-14-10-11-15-23(22)20-28-24-16-8-2-1-3-9-17-24/h10-11,14-15,18,24-25,28H,1-9,12-13,16-17,19-20H2,(H,29,30)(H,31,32)/t25-/m1/s1. The number of benzene rings is 1. The van der Waals surface area contributed by atoms with Crippen LogP contribution in [0.2, 0.25) is 0 Å². The minimum Gasteiger partial charge on any atom is -0.480 e. The van der Waals surface area contributed by atoms with E-state index in [4.69, 9.17) is 0 Å². The Bertz CT molecular complexity index is 756. The molecule has 1 amide bonds. The van der Waals surface area contributed by atoms with Gasteiger partial charge in [-0.25, -0.2) is 4.79 Å². The first kappa shape index (κ1) is 24.5. The van der Waals surface area contributed by atoms with Gasteiger partial charge in [0.15, 0.2) is 0 Å². The molecule has 0 bridgehead atoms. The fourth-order valence-electron chi connectivity index (χ4n) is 4.99. The van der Waals surface area contributed by atoms with Crippen LogP contribution in [0, 0.1) is 0 Å². The quantitative estimate of drug-likeness (QED) is 0.379. The van der Waals surface area contributed by atoms with Crippen LogP contribution in [-0.4, -0.2) is 29.1 Å². The third-order valence-electron chi connectivity index (χ3n) is 6.92. The van der Waals surface area contributed by atoms with Crippen molar-refractivity contribution < 1.29 is 14.7 Å². The maximum absolute atomic E-state index is 12.5. The highest BCUT2D eigenvalue weighted by Gasteiger charge is 2.21. The summed E-state index contributed by atoms with van der Waals surface area (Å²) in [6.45, 7) is 0.741. The van der Waals surface area contributed by atoms with Crippen molar-refractivity contribution in [3.8, 4) is 0 Å². The molecule has 0 unspecified atom stereocenters. The Labute approximate surface area is 193 Å². The number of carbonyl (C=O) groups is 2. The molecule has 1 atom stereocenters. The van der Waals surface area contributed by atoms with E-state index in [1.165, 1.54) is 57.8 Å². The molecule has 176 valence electrons. The second-order valence-corrected chi connectivity index (χ2v) is 9.51. The lowest BCUT2D eigenvalue weighted by atomic mass is 9.95. The van der Waals surface area contributed by atoms with Gasteiger partial charge < -0.3 is 15.7 Å². The zero-order chi connectivity index (χ0) is 22.6. The second-order valence-electron chi connectivity index (χ2n) is 9.51. The van der Waals surface area contributed by atoms with E-state index in [2.05, 4.69) is 16.7 Å². The number of nitrogens with one attached hydrogen (secondary N) is 2. The fourth-order valence-corrected chi connectivity index (χ4v) is 4.99. The number of allylic oxidation sites excluding steroid dienone is 1. The van der Waals surface area contributed by atoms with Crippen molar-refractivity contribution in [3.05, 3.63) is 47.0 Å². The number of amides is 1. The number of hydrogen-bond acceptors (Lipinski definition) is 3. The van der Waals surface area contributed by atoms with Crippen molar-refractivity contribution >= 4 is 11.9 Å². The summed E-state index contributed by atoms with van der Waals surface area (Å²) in [6, 6.07) is 7.62. The summed E-state index contributed by atoms with van der Waals surface area (Å²) in [5.41, 5.74) is 3.26. The number of carboxylic acid groups (broad SMARTS) is 1. The Morgan fingerprint density at radius 3 is 2.16 bits per heavy atom. The zero-order valence-electron chi connectivity index (χ0n) is 19.4. The highest BCUT2D eigenvalue weighted by atomic mass is 16.4. The summed E-state index contributed by atoms with van der Waals surface area (Å²) >= 11 is 0. The number of aliphatic carboxylic acids is 1. The van der Waals surface area contributed by atoms with Crippen molar-refractivity contribution in [3.63, 3.8) is 0 Å². The summed E-state index contributed by atoms with van der Waals surface area (Å²) in [7, 11) is 0. The van der Waals surface area contributed by atoms with Gasteiger partial charge in [-0.1, -0.05) is 74.8 Å². The van der Waals surface area contributed by atoms with Crippen LogP contribution in [0.5, 0.6) is 0 Å². The molecule has 1 aromatic carbocycles. The van der Waals surface area contributed by atoms with Crippen LogP contribution in [0.15, 0.2) is 35.9 Å². The van der Waals surface area contributed by atoms with Gasteiger partial charge in [-0.05, 0) is 49.7 Å². The Morgan fingerprint density at radius 2 is 1.50 bits per heavy atom. The third-order valence-corrected chi connectivity index (χ3v) is 6.92. The van der Waals surface area contributed by atoms with Crippen LogP contribution < -0.4 is 10.6 Å². The summed E-state index contributed by atoms with van der Waals surface area (Å²) < 4.78 is 0. The molecule has 3 N–H and O–H groups in total. The molecule has 2 aliphatic rings. The molecule has 0 spiro atoms. The maximum Gasteiger partial charge on any atom is 0.326 e. The number of carbonyl (C=O) groups excluding carboxylic acids is 1. The molecule has 1 aromatic rings. The van der Waals surface area contributed by atoms with E-state index in [0.717, 1.165) is 48.9 Å². The van der Waals surface area contributed by atoms with E-state index in [1.54, 1.807) is 6.08 Å². The average Bonchev–Trinajstić information content (AvgIpc) is 3.02. The van der Waals surface area contributed by atoms with Gasteiger partial charge in [0, 0.05) is 25.1 Å². The molecule has 0 aliphatic heterocycles. The summed E-state index contributed by atoms with van der Waals surface area (Å²) in [5.74, 6) is -1.26. The summed E-state index contributed by atoms with van der Waals surface area (Å²) in [4.78, 5) is 24.5. The normalized spacial score (nSPS) is 19.3. The molecule has 0 heterocycles. The van der Waals surface area contributed by atoms with E-state index in [9.17, 15) is 14.7 Å². The molecule has 5 heteroatoms. The van der Waals surface area contributed by atoms with E-state index in [-0.39, 0.29) is 5.91 Å². The number of hydrogen-bond donors (Lipinski definition) is 3. The number of rotatable bonds is 8. The van der Waals surface area contributed by atoms with Crippen molar-refractivity contribution in [1.29, 1.82) is 0 Å². The molecule has 0 radical (unpaired) electrons. The molecule has 2 fully saturated rings. The Hall–Kier alpha value is -2.14. The summed E-state index contributed by atoms with van der Waals surface area (Å²) in [6.07, 6.45) is 17.5. The largest absolute Gasteiger partial charge is 0.480 e. The Morgan fingerprint density at radius 1 is 0.906 bits per heavy atom. The van der Waals surface area contributed by atoms with Crippen molar-refractivity contribution in [2.45, 2.75) is 109 Å². The van der Waals surface area contributed by atoms with Crippen molar-refractivity contribution in [1.82, 2.24) is 10.6 Å². The lowest BCUT2D eigenvalue weighted by Gasteiger charge is -2.22. The lowest BCUT2D eigenvalue weighted by Crippen LogP contribution is -2.42. The molecule has 2 aliphatic carbocycles. The molecule has 2 saturated carbocycles. The molecular formula is C27H40N2O3. The van der Waals surface area contributed by atoms with Crippen molar-refractivity contribution in [2.24, 2.45) is 0 Å². The highest BCUT2D eigenvalue weighted by molar-refractivity contribution is 5.91. The van der Waals surface area contributed by atoms with Crippen LogP contribution in [0.3, 0.4) is 0 Å². The first-order valence-electron chi connectivity index (χ1n) is 12.6. The minimum atomic E-state index is -0.986. The van der Waals surface area contributed by atoms with Crippen molar-refractivity contribution in [2.75, 3.05) is 0 Å². The predicted molar refractivity (Wildman–Crippen MR) is 128 cm³/mol. The molecule has 0 saturated heterocycles. The van der Waals surface area contributed by atoms with Crippen LogP contribution in [0.25, 0.3) is 0 Å². The van der Waals surface area contributed by atoms with Crippen LogP contribution in [0.1, 0.15) is 94.6 Å². The Kier molecular flexibility index (Phi) is 10.3. The van der Waals surface area contributed by atoms with Gasteiger partial charge in [0.2, 0.25) is 5.91 Å². The van der Waals surface area contributed by atoms with Gasteiger partial charge in [0.05, 0.1) is 0 Å². The first-order chi connectivity index (χ1) is 15.6. The zero-order valence-corrected chi connectivity index (χ0v) is 19.4. The second kappa shape index (κ2) is 13.4. The van der Waals surface area contributed by atoms with Gasteiger partial charge in [-0.15, -0.1) is 0 Å². The van der Waals surface area contributed by atoms with E-state index >= 15 is 0 Å². The molecular weight excluding hydrogens is 400 g/mol. The molecule has 32 heavy (non-hydrogen) atoms. The van der Waals surface area contributed by atoms with Crippen LogP contribution in [0.4, 0.5) is 0 Å². The van der Waals surface area contributed by atoms with Gasteiger partial charge in [-0.2, -0.15) is 0 Å². The van der Waals surface area contributed by atoms with Gasteiger partial charge in [0.1, 0.15) is 6.04 Å². The molecule has 5 nitrogen and oxygen atoms in total. The average molecular weight is 441 g/mol. The van der Waals surface area contributed by atoms with E-state index < -0.39 is 12.0 Å². The smallest absolute Gasteiger partial charge is 0.326 e. The topological polar surface area (TPSA) is 78.4 Å². The number of carboxylic acids is 1. The minimum absolute atomic E-state index is 0.278. The molecule has 3 rings (SSSR count). The van der Waals surface area contributed by atoms with Gasteiger partial charge in [-0.3, -0.25) is 4.79 Å². The van der Waals surface area contributed by atoms with Gasteiger partial charge in [0.25, 0.3) is 0 Å². The Balaban J connectivity index is 1.60. The van der Waals surface area contributed by atoms with E-state index in [1.807, 2.05) is 18.2 Å². The van der Waals surface area contributed by atoms with Crippen LogP contribution in [-0.2, 0) is 22.6 Å². The monoisotopic (exact) mass is 440 g/mol.